The Morgan fingerprint density at radius 2 is 1.86 bits per heavy atom. The summed E-state index contributed by atoms with van der Waals surface area (Å²) >= 11 is 5.39. The monoisotopic (exact) mass is 406 g/mol. The number of hydrogen-bond donors (Lipinski definition) is 3. The summed E-state index contributed by atoms with van der Waals surface area (Å²) in [7, 11) is 0. The van der Waals surface area contributed by atoms with Crippen molar-refractivity contribution in [2.24, 2.45) is 0 Å². The summed E-state index contributed by atoms with van der Waals surface area (Å²) in [6.45, 7) is 3.81. The molecule has 2 heterocycles. The van der Waals surface area contributed by atoms with Crippen LogP contribution in [0.1, 0.15) is 11.1 Å². The number of thiocarbonyl (C=S) groups is 1. The van der Waals surface area contributed by atoms with Gasteiger partial charge in [0, 0.05) is 12.2 Å². The lowest BCUT2D eigenvalue weighted by atomic mass is 10.2. The number of para-hydroxylation sites is 1. The lowest BCUT2D eigenvalue weighted by Gasteiger charge is -2.19. The second-order valence-corrected chi connectivity index (χ2v) is 7.07. The van der Waals surface area contributed by atoms with Crippen LogP contribution in [0.15, 0.2) is 60.8 Å². The number of fused-ring (bicyclic) bond motifs is 1. The molecule has 0 spiro atoms. The van der Waals surface area contributed by atoms with Gasteiger partial charge in [0.25, 0.3) is 0 Å². The molecule has 148 valence electrons. The first-order chi connectivity index (χ1) is 14.2. The maximum absolute atomic E-state index is 5.61. The Morgan fingerprint density at radius 3 is 2.66 bits per heavy atom. The molecule has 6 nitrogen and oxygen atoms in total. The van der Waals surface area contributed by atoms with Gasteiger partial charge in [-0.25, -0.2) is 4.98 Å². The molecule has 0 amide bonds. The van der Waals surface area contributed by atoms with Gasteiger partial charge in [-0.1, -0.05) is 24.3 Å². The van der Waals surface area contributed by atoms with E-state index in [1.54, 1.807) is 6.20 Å². The Hall–Kier alpha value is -3.32. The average Bonchev–Trinajstić information content (AvgIpc) is 2.75. The highest BCUT2D eigenvalue weighted by molar-refractivity contribution is 7.80. The van der Waals surface area contributed by atoms with Crippen LogP contribution in [-0.4, -0.2) is 23.3 Å². The highest BCUT2D eigenvalue weighted by Gasteiger charge is 2.11. The van der Waals surface area contributed by atoms with Crippen LogP contribution in [0.5, 0.6) is 11.5 Å². The highest BCUT2D eigenvalue weighted by atomic mass is 32.1. The first-order valence-corrected chi connectivity index (χ1v) is 9.80. The summed E-state index contributed by atoms with van der Waals surface area (Å²) in [5, 5.41) is 10.2. The van der Waals surface area contributed by atoms with E-state index in [-0.39, 0.29) is 0 Å². The van der Waals surface area contributed by atoms with Crippen molar-refractivity contribution in [3.05, 3.63) is 71.9 Å². The van der Waals surface area contributed by atoms with Crippen LogP contribution in [0.25, 0.3) is 0 Å². The zero-order chi connectivity index (χ0) is 20.1. The van der Waals surface area contributed by atoms with Gasteiger partial charge in [0.05, 0.1) is 11.9 Å². The minimum atomic E-state index is 0.529. The van der Waals surface area contributed by atoms with Crippen molar-refractivity contribution in [3.8, 4) is 11.5 Å². The van der Waals surface area contributed by atoms with Crippen molar-refractivity contribution in [2.75, 3.05) is 23.8 Å². The van der Waals surface area contributed by atoms with Crippen molar-refractivity contribution in [2.45, 2.75) is 13.5 Å². The summed E-state index contributed by atoms with van der Waals surface area (Å²) in [5.41, 5.74) is 4.09. The fourth-order valence-electron chi connectivity index (χ4n) is 2.95. The van der Waals surface area contributed by atoms with Gasteiger partial charge in [-0.05, 0) is 60.6 Å². The molecule has 0 saturated carbocycles. The first-order valence-electron chi connectivity index (χ1n) is 9.39. The van der Waals surface area contributed by atoms with Gasteiger partial charge >= 0.3 is 0 Å². The van der Waals surface area contributed by atoms with Crippen molar-refractivity contribution in [3.63, 3.8) is 0 Å². The van der Waals surface area contributed by atoms with Crippen molar-refractivity contribution >= 4 is 34.5 Å². The van der Waals surface area contributed by atoms with E-state index in [0.717, 1.165) is 34.3 Å². The van der Waals surface area contributed by atoms with E-state index in [1.165, 1.54) is 5.56 Å². The Bertz CT molecular complexity index is 1010. The standard InChI is InChI=1S/C22H22N4O2S/c1-15-4-2-3-5-18(15)26-21-9-7-17(14-23-21)25-22(29)24-13-16-6-8-19-20(12-16)28-11-10-27-19/h2-9,12,14H,10-11,13H2,1H3,(H,23,26)(H2,24,25,29). The number of pyridine rings is 1. The number of rotatable bonds is 5. The molecule has 0 saturated heterocycles. The van der Waals surface area contributed by atoms with E-state index in [0.29, 0.717) is 24.9 Å². The van der Waals surface area contributed by atoms with Gasteiger partial charge < -0.3 is 25.4 Å². The molecule has 29 heavy (non-hydrogen) atoms. The number of nitrogens with zero attached hydrogens (tertiary/aromatic N) is 1. The Kier molecular flexibility index (Phi) is 5.76. The van der Waals surface area contributed by atoms with Crippen LogP contribution in [0.4, 0.5) is 17.2 Å². The number of aryl methyl sites for hydroxylation is 1. The summed E-state index contributed by atoms with van der Waals surface area (Å²) < 4.78 is 11.2. The van der Waals surface area contributed by atoms with Crippen molar-refractivity contribution in [1.82, 2.24) is 10.3 Å². The van der Waals surface area contributed by atoms with Gasteiger partial charge in [0.1, 0.15) is 19.0 Å². The molecule has 1 aromatic heterocycles. The third kappa shape index (κ3) is 4.94. The lowest BCUT2D eigenvalue weighted by molar-refractivity contribution is 0.171. The van der Waals surface area contributed by atoms with Crippen LogP contribution in [0.3, 0.4) is 0 Å². The van der Waals surface area contributed by atoms with E-state index in [1.807, 2.05) is 48.5 Å². The predicted molar refractivity (Wildman–Crippen MR) is 119 cm³/mol. The van der Waals surface area contributed by atoms with Gasteiger partial charge in [-0.3, -0.25) is 0 Å². The second-order valence-electron chi connectivity index (χ2n) is 6.66. The molecule has 0 aliphatic carbocycles. The maximum Gasteiger partial charge on any atom is 0.171 e. The number of nitrogens with one attached hydrogen (secondary N) is 3. The molecule has 1 aliphatic rings. The van der Waals surface area contributed by atoms with Gasteiger partial charge in [0.15, 0.2) is 16.6 Å². The molecule has 3 N–H and O–H groups in total. The molecule has 7 heteroatoms. The molecule has 1 aliphatic heterocycles. The van der Waals surface area contributed by atoms with Crippen LogP contribution < -0.4 is 25.4 Å². The third-order valence-electron chi connectivity index (χ3n) is 4.49. The fraction of sp³-hybridized carbons (Fsp3) is 0.182. The highest BCUT2D eigenvalue weighted by Crippen LogP contribution is 2.30. The summed E-state index contributed by atoms with van der Waals surface area (Å²) in [5.74, 6) is 2.33. The van der Waals surface area contributed by atoms with Gasteiger partial charge in [-0.15, -0.1) is 0 Å². The van der Waals surface area contributed by atoms with E-state index in [9.17, 15) is 0 Å². The third-order valence-corrected chi connectivity index (χ3v) is 4.74. The molecular formula is C22H22N4O2S. The number of hydrogen-bond acceptors (Lipinski definition) is 5. The van der Waals surface area contributed by atoms with Crippen molar-refractivity contribution < 1.29 is 9.47 Å². The van der Waals surface area contributed by atoms with E-state index < -0.39 is 0 Å². The molecule has 0 atom stereocenters. The molecular weight excluding hydrogens is 384 g/mol. The smallest absolute Gasteiger partial charge is 0.171 e. The van der Waals surface area contributed by atoms with Crippen LogP contribution in [0.2, 0.25) is 0 Å². The SMILES string of the molecule is Cc1ccccc1Nc1ccc(NC(=S)NCc2ccc3c(c2)OCCO3)cn1. The number of anilines is 3. The molecule has 0 fully saturated rings. The van der Waals surface area contributed by atoms with Gasteiger partial charge in [-0.2, -0.15) is 0 Å². The number of aromatic nitrogens is 1. The topological polar surface area (TPSA) is 67.4 Å². The van der Waals surface area contributed by atoms with E-state index in [4.69, 9.17) is 21.7 Å². The van der Waals surface area contributed by atoms with Crippen LogP contribution in [0, 0.1) is 6.92 Å². The molecule has 0 bridgehead atoms. The first kappa shape index (κ1) is 19.0. The zero-order valence-electron chi connectivity index (χ0n) is 16.1. The Labute approximate surface area is 175 Å². The second kappa shape index (κ2) is 8.79. The molecule has 0 radical (unpaired) electrons. The summed E-state index contributed by atoms with van der Waals surface area (Å²) in [6.07, 6.45) is 1.75. The van der Waals surface area contributed by atoms with E-state index >= 15 is 0 Å². The minimum Gasteiger partial charge on any atom is -0.486 e. The van der Waals surface area contributed by atoms with Crippen molar-refractivity contribution in [1.29, 1.82) is 0 Å². The molecule has 2 aromatic carbocycles. The minimum absolute atomic E-state index is 0.529. The number of ether oxygens (including phenoxy) is 2. The Morgan fingerprint density at radius 1 is 1.03 bits per heavy atom. The quantitative estimate of drug-likeness (QED) is 0.543. The van der Waals surface area contributed by atoms with Crippen LogP contribution in [-0.2, 0) is 6.54 Å². The van der Waals surface area contributed by atoms with Gasteiger partial charge in [0.2, 0.25) is 0 Å². The predicted octanol–water partition coefficient (Wildman–Crippen LogP) is 4.39. The van der Waals surface area contributed by atoms with E-state index in [2.05, 4.69) is 33.9 Å². The fourth-order valence-corrected chi connectivity index (χ4v) is 3.14. The average molecular weight is 407 g/mol. The Balaban J connectivity index is 1.30. The summed E-state index contributed by atoms with van der Waals surface area (Å²) in [6, 6.07) is 17.8. The van der Waals surface area contributed by atoms with Crippen LogP contribution >= 0.6 is 12.2 Å². The number of benzene rings is 2. The molecule has 3 aromatic rings. The lowest BCUT2D eigenvalue weighted by Crippen LogP contribution is -2.28. The zero-order valence-corrected chi connectivity index (χ0v) is 16.9. The normalized spacial score (nSPS) is 12.2. The molecule has 0 unspecified atom stereocenters. The maximum atomic E-state index is 5.61. The molecule has 4 rings (SSSR count). The largest absolute Gasteiger partial charge is 0.486 e. The summed E-state index contributed by atoms with van der Waals surface area (Å²) in [4.78, 5) is 4.44.